The second-order valence-corrected chi connectivity index (χ2v) is 6.04. The van der Waals surface area contributed by atoms with Gasteiger partial charge >= 0.3 is 0 Å². The molecule has 100 valence electrons. The zero-order chi connectivity index (χ0) is 13.2. The third-order valence-electron chi connectivity index (χ3n) is 4.43. The fourth-order valence-electron chi connectivity index (χ4n) is 3.12. The Balaban J connectivity index is 2.07. The largest absolute Gasteiger partial charge is 0.390 e. The first-order valence-electron chi connectivity index (χ1n) is 6.92. The van der Waals surface area contributed by atoms with Crippen molar-refractivity contribution in [3.8, 4) is 6.07 Å². The quantitative estimate of drug-likeness (QED) is 0.772. The van der Waals surface area contributed by atoms with E-state index in [0.717, 1.165) is 25.7 Å². The van der Waals surface area contributed by atoms with Gasteiger partial charge < -0.3 is 10.0 Å². The van der Waals surface area contributed by atoms with Gasteiger partial charge in [0.2, 0.25) is 5.91 Å². The molecule has 0 radical (unpaired) electrons. The summed E-state index contributed by atoms with van der Waals surface area (Å²) in [6, 6.07) is 2.26. The minimum Gasteiger partial charge on any atom is -0.390 e. The van der Waals surface area contributed by atoms with Crippen LogP contribution in [0.2, 0.25) is 0 Å². The van der Waals surface area contributed by atoms with E-state index in [-0.39, 0.29) is 5.91 Å². The molecule has 1 saturated heterocycles. The Morgan fingerprint density at radius 1 is 1.17 bits per heavy atom. The number of aliphatic hydroxyl groups is 1. The summed E-state index contributed by atoms with van der Waals surface area (Å²) in [6.07, 6.45) is 5.52. The van der Waals surface area contributed by atoms with Crippen LogP contribution in [0.5, 0.6) is 0 Å². The van der Waals surface area contributed by atoms with Gasteiger partial charge in [-0.25, -0.2) is 0 Å². The first kappa shape index (κ1) is 13.4. The molecule has 1 aliphatic heterocycles. The Morgan fingerprint density at radius 2 is 1.83 bits per heavy atom. The van der Waals surface area contributed by atoms with Crippen molar-refractivity contribution in [3.05, 3.63) is 0 Å². The van der Waals surface area contributed by atoms with Gasteiger partial charge in [-0.1, -0.05) is 12.8 Å². The second kappa shape index (κ2) is 4.89. The molecule has 1 unspecified atom stereocenters. The van der Waals surface area contributed by atoms with E-state index in [1.54, 1.807) is 4.90 Å². The predicted octanol–water partition coefficient (Wildman–Crippen LogP) is 1.83. The fraction of sp³-hybridized carbons (Fsp3) is 0.857. The van der Waals surface area contributed by atoms with E-state index in [4.69, 9.17) is 0 Å². The van der Waals surface area contributed by atoms with Gasteiger partial charge in [0.15, 0.2) is 0 Å². The average molecular weight is 250 g/mol. The number of nitriles is 1. The van der Waals surface area contributed by atoms with Gasteiger partial charge in [-0.05, 0) is 39.0 Å². The molecule has 1 atom stereocenters. The van der Waals surface area contributed by atoms with Crippen LogP contribution in [-0.4, -0.2) is 34.6 Å². The molecule has 1 saturated carbocycles. The Kier molecular flexibility index (Phi) is 3.63. The lowest BCUT2D eigenvalue weighted by molar-refractivity contribution is -0.138. The smallest absolute Gasteiger partial charge is 0.243 e. The third-order valence-corrected chi connectivity index (χ3v) is 4.43. The lowest BCUT2D eigenvalue weighted by Crippen LogP contribution is -2.43. The molecule has 1 aliphatic carbocycles. The van der Waals surface area contributed by atoms with Crippen molar-refractivity contribution in [2.45, 2.75) is 57.5 Å². The lowest BCUT2D eigenvalue weighted by atomic mass is 9.86. The number of amides is 1. The van der Waals surface area contributed by atoms with Gasteiger partial charge in [-0.2, -0.15) is 5.26 Å². The topological polar surface area (TPSA) is 64.3 Å². The molecule has 18 heavy (non-hydrogen) atoms. The van der Waals surface area contributed by atoms with Crippen LogP contribution in [0.15, 0.2) is 0 Å². The van der Waals surface area contributed by atoms with E-state index in [1.165, 1.54) is 0 Å². The molecular weight excluding hydrogens is 228 g/mol. The molecule has 4 heteroatoms. The van der Waals surface area contributed by atoms with Crippen molar-refractivity contribution in [1.82, 2.24) is 4.90 Å². The summed E-state index contributed by atoms with van der Waals surface area (Å²) < 4.78 is 0. The van der Waals surface area contributed by atoms with Crippen LogP contribution in [0.25, 0.3) is 0 Å². The molecule has 0 spiro atoms. The van der Waals surface area contributed by atoms with Crippen LogP contribution >= 0.6 is 0 Å². The Hall–Kier alpha value is -1.08. The molecule has 1 heterocycles. The molecular formula is C14H22N2O2. The van der Waals surface area contributed by atoms with Crippen LogP contribution in [0.1, 0.15) is 51.9 Å². The summed E-state index contributed by atoms with van der Waals surface area (Å²) in [7, 11) is 0. The van der Waals surface area contributed by atoms with Crippen molar-refractivity contribution < 1.29 is 9.90 Å². The highest BCUT2D eigenvalue weighted by atomic mass is 16.3. The normalized spacial score (nSPS) is 31.7. The zero-order valence-corrected chi connectivity index (χ0v) is 11.1. The standard InChI is InChI=1S/C14H22N2O2/c1-13(18)5-4-9-16(10-8-13)12(17)14(11-15)6-2-3-7-14/h18H,2-10H2,1H3. The van der Waals surface area contributed by atoms with Crippen molar-refractivity contribution >= 4 is 5.91 Å². The zero-order valence-electron chi connectivity index (χ0n) is 11.1. The van der Waals surface area contributed by atoms with Crippen LogP contribution in [0.3, 0.4) is 0 Å². The summed E-state index contributed by atoms with van der Waals surface area (Å²) in [4.78, 5) is 14.3. The molecule has 0 aromatic rings. The fourth-order valence-corrected chi connectivity index (χ4v) is 3.12. The van der Waals surface area contributed by atoms with Crippen LogP contribution in [-0.2, 0) is 4.79 Å². The Morgan fingerprint density at radius 3 is 2.44 bits per heavy atom. The Bertz CT molecular complexity index is 364. The number of hydrogen-bond acceptors (Lipinski definition) is 3. The average Bonchev–Trinajstić information content (AvgIpc) is 2.75. The van der Waals surface area contributed by atoms with Crippen molar-refractivity contribution in [1.29, 1.82) is 5.26 Å². The van der Waals surface area contributed by atoms with Gasteiger partial charge in [-0.3, -0.25) is 4.79 Å². The van der Waals surface area contributed by atoms with Gasteiger partial charge in [0.25, 0.3) is 0 Å². The minimum atomic E-state index is -0.768. The summed E-state index contributed by atoms with van der Waals surface area (Å²) in [5.74, 6) is 0.000185. The van der Waals surface area contributed by atoms with Crippen LogP contribution < -0.4 is 0 Å². The number of hydrogen-bond donors (Lipinski definition) is 1. The van der Waals surface area contributed by atoms with E-state index in [1.807, 2.05) is 6.92 Å². The second-order valence-electron chi connectivity index (χ2n) is 6.04. The SMILES string of the molecule is CC1(O)CCCN(C(=O)C2(C#N)CCCC2)CC1. The highest BCUT2D eigenvalue weighted by molar-refractivity contribution is 5.85. The summed E-state index contributed by atoms with van der Waals surface area (Å²) >= 11 is 0. The molecule has 0 aromatic carbocycles. The van der Waals surface area contributed by atoms with Crippen molar-refractivity contribution in [2.24, 2.45) is 5.41 Å². The van der Waals surface area contributed by atoms with Gasteiger partial charge in [0.05, 0.1) is 11.7 Å². The first-order chi connectivity index (χ1) is 8.49. The van der Waals surface area contributed by atoms with E-state index in [0.29, 0.717) is 32.4 Å². The highest BCUT2D eigenvalue weighted by Gasteiger charge is 2.44. The van der Waals surface area contributed by atoms with Crippen LogP contribution in [0.4, 0.5) is 0 Å². The number of carbonyl (C=O) groups excluding carboxylic acids is 1. The molecule has 0 aromatic heterocycles. The molecule has 2 fully saturated rings. The highest BCUT2D eigenvalue weighted by Crippen LogP contribution is 2.39. The monoisotopic (exact) mass is 250 g/mol. The van der Waals surface area contributed by atoms with E-state index >= 15 is 0 Å². The van der Waals surface area contributed by atoms with Crippen LogP contribution in [0, 0.1) is 16.7 Å². The maximum absolute atomic E-state index is 12.5. The van der Waals surface area contributed by atoms with Crippen molar-refractivity contribution in [3.63, 3.8) is 0 Å². The first-order valence-corrected chi connectivity index (χ1v) is 6.92. The minimum absolute atomic E-state index is 0.000185. The Labute approximate surface area is 109 Å². The molecule has 0 bridgehead atoms. The molecule has 2 aliphatic rings. The molecule has 2 rings (SSSR count). The number of carbonyl (C=O) groups is 1. The lowest BCUT2D eigenvalue weighted by Gasteiger charge is -2.29. The molecule has 1 amide bonds. The summed E-state index contributed by atoms with van der Waals surface area (Å²) in [5, 5.41) is 19.4. The predicted molar refractivity (Wildman–Crippen MR) is 67.6 cm³/mol. The van der Waals surface area contributed by atoms with E-state index < -0.39 is 11.0 Å². The van der Waals surface area contributed by atoms with E-state index in [9.17, 15) is 15.2 Å². The van der Waals surface area contributed by atoms with Gasteiger partial charge in [0, 0.05) is 13.1 Å². The van der Waals surface area contributed by atoms with Crippen molar-refractivity contribution in [2.75, 3.05) is 13.1 Å². The summed E-state index contributed by atoms with van der Waals surface area (Å²) in [6.45, 7) is 3.09. The molecule has 4 nitrogen and oxygen atoms in total. The van der Waals surface area contributed by atoms with Gasteiger partial charge in [-0.15, -0.1) is 0 Å². The third kappa shape index (κ3) is 2.51. The molecule has 1 N–H and O–H groups in total. The number of rotatable bonds is 1. The number of nitrogens with zero attached hydrogens (tertiary/aromatic N) is 2. The van der Waals surface area contributed by atoms with Gasteiger partial charge in [0.1, 0.15) is 5.41 Å². The van der Waals surface area contributed by atoms with E-state index in [2.05, 4.69) is 6.07 Å². The maximum Gasteiger partial charge on any atom is 0.243 e. The maximum atomic E-state index is 12.5. The summed E-state index contributed by atoms with van der Waals surface area (Å²) in [5.41, 5.74) is -1.43. The number of likely N-dealkylation sites (tertiary alicyclic amines) is 1.